The highest BCUT2D eigenvalue weighted by Crippen LogP contribution is 2.36. The first kappa shape index (κ1) is 19.2. The van der Waals surface area contributed by atoms with Crippen LogP contribution < -0.4 is 15.8 Å². The molecule has 1 aliphatic rings. The zero-order valence-electron chi connectivity index (χ0n) is 15.3. The summed E-state index contributed by atoms with van der Waals surface area (Å²) in [5, 5.41) is 13.5. The molecule has 0 aliphatic heterocycles. The molecule has 1 amide bonds. The third-order valence-corrected chi connectivity index (χ3v) is 5.11. The number of rotatable bonds is 7. The van der Waals surface area contributed by atoms with Gasteiger partial charge in [0.2, 0.25) is 0 Å². The molecule has 0 heterocycles. The van der Waals surface area contributed by atoms with Crippen molar-refractivity contribution in [3.05, 3.63) is 59.4 Å². The molecular formula is C21H25FN2O3. The lowest BCUT2D eigenvalue weighted by atomic mass is 9.97. The number of nitrogens with one attached hydrogen (secondary N) is 1. The largest absolute Gasteiger partial charge is 0.508 e. The van der Waals surface area contributed by atoms with Crippen LogP contribution in [0.2, 0.25) is 0 Å². The molecular weight excluding hydrogens is 347 g/mol. The highest BCUT2D eigenvalue weighted by molar-refractivity contribution is 5.75. The summed E-state index contributed by atoms with van der Waals surface area (Å²) in [6.45, 7) is 1.86. The molecule has 6 heteroatoms. The van der Waals surface area contributed by atoms with Crippen molar-refractivity contribution in [2.45, 2.75) is 44.2 Å². The summed E-state index contributed by atoms with van der Waals surface area (Å²) >= 11 is 0. The summed E-state index contributed by atoms with van der Waals surface area (Å²) in [6, 6.07) is 12.2. The molecule has 1 fully saturated rings. The minimum Gasteiger partial charge on any atom is -0.508 e. The van der Waals surface area contributed by atoms with Gasteiger partial charge in [-0.25, -0.2) is 4.39 Å². The van der Waals surface area contributed by atoms with Crippen molar-refractivity contribution < 1.29 is 19.0 Å². The SMILES string of the molecule is CC(NC1CCC(c2ccc(OCC(N)=O)cc2)C1)c1ccc(F)cc1O. The second-order valence-electron chi connectivity index (χ2n) is 7.12. The molecule has 27 heavy (non-hydrogen) atoms. The zero-order valence-corrected chi connectivity index (χ0v) is 15.3. The topological polar surface area (TPSA) is 84.6 Å². The number of carbonyl (C=O) groups is 1. The number of hydrogen-bond donors (Lipinski definition) is 3. The Hall–Kier alpha value is -2.60. The molecule has 2 aromatic rings. The van der Waals surface area contributed by atoms with Crippen molar-refractivity contribution in [3.8, 4) is 11.5 Å². The summed E-state index contributed by atoms with van der Waals surface area (Å²) in [4.78, 5) is 10.8. The van der Waals surface area contributed by atoms with E-state index in [-0.39, 0.29) is 18.4 Å². The van der Waals surface area contributed by atoms with Gasteiger partial charge in [0.25, 0.3) is 5.91 Å². The fourth-order valence-electron chi connectivity index (χ4n) is 3.75. The van der Waals surface area contributed by atoms with Gasteiger partial charge in [-0.1, -0.05) is 18.2 Å². The van der Waals surface area contributed by atoms with Crippen LogP contribution in [0.25, 0.3) is 0 Å². The highest BCUT2D eigenvalue weighted by atomic mass is 19.1. The van der Waals surface area contributed by atoms with E-state index >= 15 is 0 Å². The van der Waals surface area contributed by atoms with Gasteiger partial charge in [-0.3, -0.25) is 4.79 Å². The van der Waals surface area contributed by atoms with Crippen LogP contribution in [0, 0.1) is 5.82 Å². The monoisotopic (exact) mass is 372 g/mol. The Labute approximate surface area is 158 Å². The van der Waals surface area contributed by atoms with Gasteiger partial charge in [0, 0.05) is 23.7 Å². The van der Waals surface area contributed by atoms with Gasteiger partial charge >= 0.3 is 0 Å². The Balaban J connectivity index is 1.56. The van der Waals surface area contributed by atoms with Crippen molar-refractivity contribution in [2.24, 2.45) is 5.73 Å². The summed E-state index contributed by atoms with van der Waals surface area (Å²) in [5.74, 6) is 0.126. The van der Waals surface area contributed by atoms with Crippen molar-refractivity contribution in [1.82, 2.24) is 5.32 Å². The van der Waals surface area contributed by atoms with Crippen molar-refractivity contribution >= 4 is 5.91 Å². The van der Waals surface area contributed by atoms with Crippen molar-refractivity contribution in [2.75, 3.05) is 6.61 Å². The lowest BCUT2D eigenvalue weighted by Gasteiger charge is -2.21. The van der Waals surface area contributed by atoms with Crippen LogP contribution in [0.5, 0.6) is 11.5 Å². The Morgan fingerprint density at radius 1 is 1.30 bits per heavy atom. The van der Waals surface area contributed by atoms with Crippen LogP contribution in [0.1, 0.15) is 49.3 Å². The van der Waals surface area contributed by atoms with E-state index in [9.17, 15) is 14.3 Å². The van der Waals surface area contributed by atoms with Gasteiger partial charge in [-0.15, -0.1) is 0 Å². The number of primary amides is 1. The predicted molar refractivity (Wildman–Crippen MR) is 101 cm³/mol. The average molecular weight is 372 g/mol. The average Bonchev–Trinajstić information content (AvgIpc) is 3.08. The van der Waals surface area contributed by atoms with Crippen molar-refractivity contribution in [1.29, 1.82) is 0 Å². The van der Waals surface area contributed by atoms with Gasteiger partial charge in [-0.2, -0.15) is 0 Å². The third-order valence-electron chi connectivity index (χ3n) is 5.11. The van der Waals surface area contributed by atoms with Crippen molar-refractivity contribution in [3.63, 3.8) is 0 Å². The molecule has 0 spiro atoms. The smallest absolute Gasteiger partial charge is 0.255 e. The number of amides is 1. The maximum atomic E-state index is 13.2. The molecule has 0 bridgehead atoms. The molecule has 2 aromatic carbocycles. The number of carbonyl (C=O) groups excluding carboxylic acids is 1. The van der Waals surface area contributed by atoms with Gasteiger partial charge in [0.1, 0.15) is 17.3 Å². The first-order chi connectivity index (χ1) is 12.9. The summed E-state index contributed by atoms with van der Waals surface area (Å²) < 4.78 is 18.4. The fraction of sp³-hybridized carbons (Fsp3) is 0.381. The number of halogens is 1. The second kappa shape index (κ2) is 8.39. The van der Waals surface area contributed by atoms with Gasteiger partial charge in [0.15, 0.2) is 6.61 Å². The van der Waals surface area contributed by atoms with E-state index in [0.29, 0.717) is 23.3 Å². The Bertz CT molecular complexity index is 795. The quantitative estimate of drug-likeness (QED) is 0.696. The van der Waals surface area contributed by atoms with Gasteiger partial charge < -0.3 is 20.9 Å². The van der Waals surface area contributed by atoms with Crippen LogP contribution in [-0.2, 0) is 4.79 Å². The van der Waals surface area contributed by atoms with E-state index in [1.807, 2.05) is 31.2 Å². The Morgan fingerprint density at radius 2 is 2.04 bits per heavy atom. The first-order valence-corrected chi connectivity index (χ1v) is 9.18. The lowest BCUT2D eigenvalue weighted by molar-refractivity contribution is -0.119. The minimum absolute atomic E-state index is 0.0175. The molecule has 3 unspecified atom stereocenters. The van der Waals surface area contributed by atoms with Crippen LogP contribution in [0.15, 0.2) is 42.5 Å². The second-order valence-corrected chi connectivity index (χ2v) is 7.12. The van der Waals surface area contributed by atoms with Gasteiger partial charge in [-0.05, 0) is 55.9 Å². The van der Waals surface area contributed by atoms with E-state index < -0.39 is 11.7 Å². The van der Waals surface area contributed by atoms with Crippen LogP contribution in [-0.4, -0.2) is 23.7 Å². The number of ether oxygens (including phenoxy) is 1. The minimum atomic E-state index is -0.495. The fourth-order valence-corrected chi connectivity index (χ4v) is 3.75. The van der Waals surface area contributed by atoms with E-state index in [2.05, 4.69) is 5.32 Å². The summed E-state index contributed by atoms with van der Waals surface area (Å²) in [6.07, 6.45) is 3.10. The maximum Gasteiger partial charge on any atom is 0.255 e. The molecule has 3 rings (SSSR count). The molecule has 0 radical (unpaired) electrons. The Kier molecular flexibility index (Phi) is 5.96. The van der Waals surface area contributed by atoms with E-state index in [0.717, 1.165) is 25.3 Å². The number of nitrogens with two attached hydrogens (primary N) is 1. The van der Waals surface area contributed by atoms with Gasteiger partial charge in [0.05, 0.1) is 0 Å². The number of phenols is 1. The van der Waals surface area contributed by atoms with E-state index in [4.69, 9.17) is 10.5 Å². The van der Waals surface area contributed by atoms with Crippen LogP contribution in [0.4, 0.5) is 4.39 Å². The summed E-state index contributed by atoms with van der Waals surface area (Å²) in [7, 11) is 0. The van der Waals surface area contributed by atoms with E-state index in [1.54, 1.807) is 6.07 Å². The summed E-state index contributed by atoms with van der Waals surface area (Å²) in [5.41, 5.74) is 7.02. The van der Waals surface area contributed by atoms with Crippen LogP contribution >= 0.6 is 0 Å². The molecule has 0 aromatic heterocycles. The highest BCUT2D eigenvalue weighted by Gasteiger charge is 2.27. The third kappa shape index (κ3) is 4.98. The number of benzene rings is 2. The van der Waals surface area contributed by atoms with Crippen LogP contribution in [0.3, 0.4) is 0 Å². The molecule has 1 aliphatic carbocycles. The number of phenolic OH excluding ortho intramolecular Hbond substituents is 1. The standard InChI is InChI=1S/C21H25FN2O3/c1-13(19-9-5-16(22)11-20(19)25)24-17-6-2-15(10-17)14-3-7-18(8-4-14)27-12-21(23)26/h3-5,7-9,11,13,15,17,24-25H,2,6,10,12H2,1H3,(H2,23,26). The molecule has 5 nitrogen and oxygen atoms in total. The normalized spacial score (nSPS) is 20.4. The molecule has 3 atom stereocenters. The predicted octanol–water partition coefficient (Wildman–Crippen LogP) is 3.38. The molecule has 0 saturated heterocycles. The first-order valence-electron chi connectivity index (χ1n) is 9.18. The number of aromatic hydroxyl groups is 1. The Morgan fingerprint density at radius 3 is 2.70 bits per heavy atom. The molecule has 4 N–H and O–H groups in total. The molecule has 144 valence electrons. The number of hydrogen-bond acceptors (Lipinski definition) is 4. The van der Waals surface area contributed by atoms with E-state index in [1.165, 1.54) is 11.6 Å². The molecule has 1 saturated carbocycles. The zero-order chi connectivity index (χ0) is 19.4. The lowest BCUT2D eigenvalue weighted by Crippen LogP contribution is -2.29. The maximum absolute atomic E-state index is 13.2.